The highest BCUT2D eigenvalue weighted by Gasteiger charge is 2.34. The lowest BCUT2D eigenvalue weighted by Gasteiger charge is -2.35. The van der Waals surface area contributed by atoms with Crippen LogP contribution in [0.15, 0.2) is 54.6 Å². The van der Waals surface area contributed by atoms with Gasteiger partial charge in [-0.05, 0) is 23.8 Å². The molecule has 2 atom stereocenters. The van der Waals surface area contributed by atoms with Crippen LogP contribution >= 0.6 is 0 Å². The highest BCUT2D eigenvalue weighted by atomic mass is 16.7. The van der Waals surface area contributed by atoms with Crippen molar-refractivity contribution in [2.75, 3.05) is 27.6 Å². The second kappa shape index (κ2) is 8.04. The van der Waals surface area contributed by atoms with Gasteiger partial charge in [-0.2, -0.15) is 0 Å². The molecule has 0 aliphatic carbocycles. The van der Waals surface area contributed by atoms with E-state index in [0.29, 0.717) is 18.0 Å². The molecule has 2 aliphatic heterocycles. The number of rotatable bonds is 5. The van der Waals surface area contributed by atoms with Crippen molar-refractivity contribution in [3.8, 4) is 28.7 Å². The van der Waals surface area contributed by atoms with E-state index in [4.69, 9.17) is 18.9 Å². The minimum Gasteiger partial charge on any atom is -0.507 e. The second-order valence-corrected chi connectivity index (χ2v) is 7.92. The third-order valence-electron chi connectivity index (χ3n) is 6.20. The Hall–Kier alpha value is -3.38. The van der Waals surface area contributed by atoms with Gasteiger partial charge < -0.3 is 29.0 Å². The van der Waals surface area contributed by atoms with Crippen molar-refractivity contribution < 1.29 is 29.0 Å². The summed E-state index contributed by atoms with van der Waals surface area (Å²) in [6.07, 6.45) is 0.916. The van der Waals surface area contributed by atoms with Crippen LogP contribution in [0, 0.1) is 0 Å². The van der Waals surface area contributed by atoms with Gasteiger partial charge in [0.1, 0.15) is 18.3 Å². The molecule has 6 nitrogen and oxygen atoms in total. The first kappa shape index (κ1) is 19.6. The predicted octanol–water partition coefficient (Wildman–Crippen LogP) is 2.87. The van der Waals surface area contributed by atoms with Crippen LogP contribution in [0.3, 0.4) is 0 Å². The van der Waals surface area contributed by atoms with Gasteiger partial charge in [-0.15, -0.1) is 0 Å². The molecule has 0 aromatic heterocycles. The van der Waals surface area contributed by atoms with E-state index in [1.807, 2.05) is 12.1 Å². The molecule has 1 unspecified atom stereocenters. The molecule has 0 saturated heterocycles. The summed E-state index contributed by atoms with van der Waals surface area (Å²) >= 11 is 0. The first-order valence-corrected chi connectivity index (χ1v) is 10.4. The molecule has 31 heavy (non-hydrogen) atoms. The van der Waals surface area contributed by atoms with Gasteiger partial charge in [-0.1, -0.05) is 30.3 Å². The number of phenolic OH excluding ortho intramolecular Hbond substituents is 1. The summed E-state index contributed by atoms with van der Waals surface area (Å²) in [7, 11) is 3.33. The number of quaternary nitrogens is 1. The highest BCUT2D eigenvalue weighted by Crippen LogP contribution is 2.39. The van der Waals surface area contributed by atoms with Gasteiger partial charge in [0.15, 0.2) is 23.0 Å². The van der Waals surface area contributed by atoms with Crippen molar-refractivity contribution in [2.24, 2.45) is 0 Å². The van der Waals surface area contributed by atoms with Gasteiger partial charge >= 0.3 is 0 Å². The zero-order chi connectivity index (χ0) is 21.4. The van der Waals surface area contributed by atoms with Gasteiger partial charge in [-0.25, -0.2) is 0 Å². The van der Waals surface area contributed by atoms with Gasteiger partial charge in [0.2, 0.25) is 6.79 Å². The van der Waals surface area contributed by atoms with Crippen molar-refractivity contribution in [3.63, 3.8) is 0 Å². The molecule has 2 N–H and O–H groups in total. The Labute approximate surface area is 181 Å². The van der Waals surface area contributed by atoms with Crippen LogP contribution in [-0.4, -0.2) is 32.7 Å². The zero-order valence-corrected chi connectivity index (χ0v) is 17.7. The van der Waals surface area contributed by atoms with Gasteiger partial charge in [-0.3, -0.25) is 0 Å². The van der Waals surface area contributed by atoms with Crippen LogP contribution in [0.1, 0.15) is 28.3 Å². The first-order valence-electron chi connectivity index (χ1n) is 10.4. The smallest absolute Gasteiger partial charge is 0.231 e. The standard InChI is InChI=1S/C25H25NO5/c1-28-21-10-17-8-9-26(14-18-11-23-24(13-20(18)27)31-15-30-23)25(16-6-4-3-5-7-16)19(17)12-22(21)29-2/h3-7,10-13,25,27H,8-9,14-15H2,1-2H3/p+1/t25-/m0/s1. The van der Waals surface area contributed by atoms with Gasteiger partial charge in [0.05, 0.1) is 26.3 Å². The molecule has 0 spiro atoms. The van der Waals surface area contributed by atoms with E-state index in [1.54, 1.807) is 20.3 Å². The summed E-state index contributed by atoms with van der Waals surface area (Å²) in [4.78, 5) is 1.35. The summed E-state index contributed by atoms with van der Waals surface area (Å²) < 4.78 is 22.1. The minimum atomic E-state index is 0.106. The maximum atomic E-state index is 10.6. The fourth-order valence-electron chi connectivity index (χ4n) is 4.69. The summed E-state index contributed by atoms with van der Waals surface area (Å²) in [6.45, 7) is 1.78. The Kier molecular flexibility index (Phi) is 5.08. The highest BCUT2D eigenvalue weighted by molar-refractivity contribution is 5.52. The number of fused-ring (bicyclic) bond motifs is 2. The lowest BCUT2D eigenvalue weighted by molar-refractivity contribution is -0.941. The van der Waals surface area contributed by atoms with Crippen LogP contribution in [0.25, 0.3) is 0 Å². The molecule has 3 aromatic carbocycles. The van der Waals surface area contributed by atoms with Crippen LogP contribution < -0.4 is 23.8 Å². The van der Waals surface area contributed by atoms with Crippen molar-refractivity contribution in [1.82, 2.24) is 0 Å². The summed E-state index contributed by atoms with van der Waals surface area (Å²) in [5, 5.41) is 10.6. The minimum absolute atomic E-state index is 0.106. The molecule has 160 valence electrons. The predicted molar refractivity (Wildman–Crippen MR) is 115 cm³/mol. The number of benzene rings is 3. The maximum absolute atomic E-state index is 10.6. The summed E-state index contributed by atoms with van der Waals surface area (Å²) in [5.41, 5.74) is 4.57. The molecule has 2 aliphatic rings. The largest absolute Gasteiger partial charge is 0.507 e. The lowest BCUT2D eigenvalue weighted by atomic mass is 9.87. The fraction of sp³-hybridized carbons (Fsp3) is 0.280. The normalized spacial score (nSPS) is 19.0. The molecular formula is C25H26NO5+. The van der Waals surface area contributed by atoms with Gasteiger partial charge in [0.25, 0.3) is 0 Å². The van der Waals surface area contributed by atoms with E-state index in [1.165, 1.54) is 21.6 Å². The topological polar surface area (TPSA) is 61.6 Å². The molecule has 5 rings (SSSR count). The Balaban J connectivity index is 1.57. The van der Waals surface area contributed by atoms with Crippen molar-refractivity contribution >= 4 is 0 Å². The number of methoxy groups -OCH3 is 2. The van der Waals surface area contributed by atoms with E-state index < -0.39 is 0 Å². The number of nitrogens with one attached hydrogen (secondary N) is 1. The SMILES string of the molecule is COc1cc2c(cc1OC)[C@H](c1ccccc1)[NH+](Cc1cc3c(cc1O)OCO3)CC2. The van der Waals surface area contributed by atoms with E-state index in [0.717, 1.165) is 30.0 Å². The number of aromatic hydroxyl groups is 1. The summed E-state index contributed by atoms with van der Waals surface area (Å²) in [6, 6.07) is 18.4. The first-order chi connectivity index (χ1) is 15.2. The van der Waals surface area contributed by atoms with Crippen LogP contribution in [0.4, 0.5) is 0 Å². The van der Waals surface area contributed by atoms with Crippen LogP contribution in [0.2, 0.25) is 0 Å². The monoisotopic (exact) mass is 420 g/mol. The number of ether oxygens (including phenoxy) is 4. The molecular weight excluding hydrogens is 394 g/mol. The van der Waals surface area contributed by atoms with E-state index >= 15 is 0 Å². The molecule has 0 radical (unpaired) electrons. The molecule has 0 bridgehead atoms. The van der Waals surface area contributed by atoms with E-state index in [2.05, 4.69) is 36.4 Å². The Morgan fingerprint density at radius 1 is 0.968 bits per heavy atom. The average molecular weight is 420 g/mol. The Bertz CT molecular complexity index is 1100. The zero-order valence-electron chi connectivity index (χ0n) is 17.7. The number of hydrogen-bond acceptors (Lipinski definition) is 5. The Morgan fingerprint density at radius 3 is 2.42 bits per heavy atom. The third-order valence-corrected chi connectivity index (χ3v) is 6.20. The van der Waals surface area contributed by atoms with Crippen LogP contribution in [0.5, 0.6) is 28.7 Å². The third kappa shape index (κ3) is 3.53. The van der Waals surface area contributed by atoms with Crippen molar-refractivity contribution in [1.29, 1.82) is 0 Å². The molecule has 0 amide bonds. The van der Waals surface area contributed by atoms with Crippen molar-refractivity contribution in [2.45, 2.75) is 19.0 Å². The second-order valence-electron chi connectivity index (χ2n) is 7.92. The van der Waals surface area contributed by atoms with E-state index in [9.17, 15) is 5.11 Å². The average Bonchev–Trinajstić information content (AvgIpc) is 3.25. The van der Waals surface area contributed by atoms with Gasteiger partial charge in [0, 0.05) is 23.6 Å². The van der Waals surface area contributed by atoms with Crippen LogP contribution in [-0.2, 0) is 13.0 Å². The molecule has 0 saturated carbocycles. The van der Waals surface area contributed by atoms with E-state index in [-0.39, 0.29) is 18.6 Å². The molecule has 0 fully saturated rings. The summed E-state index contributed by atoms with van der Waals surface area (Å²) in [5.74, 6) is 3.00. The maximum Gasteiger partial charge on any atom is 0.231 e. The molecule has 2 heterocycles. The fourth-order valence-corrected chi connectivity index (χ4v) is 4.69. The van der Waals surface area contributed by atoms with Crippen molar-refractivity contribution in [3.05, 3.63) is 76.9 Å². The molecule has 6 heteroatoms. The molecule has 3 aromatic rings. The Morgan fingerprint density at radius 2 is 1.68 bits per heavy atom. The number of hydrogen-bond donors (Lipinski definition) is 2. The quantitative estimate of drug-likeness (QED) is 0.665. The number of phenols is 1. The lowest BCUT2D eigenvalue weighted by Crippen LogP contribution is -3.12.